The average molecular weight is 362 g/mol. The van der Waals surface area contributed by atoms with E-state index in [2.05, 4.69) is 4.72 Å². The first-order valence-electron chi connectivity index (χ1n) is 5.51. The quantitative estimate of drug-likeness (QED) is 0.885. The zero-order chi connectivity index (χ0) is 15.6. The van der Waals surface area contributed by atoms with Crippen molar-refractivity contribution in [2.75, 3.05) is 4.72 Å². The van der Waals surface area contributed by atoms with Crippen LogP contribution in [-0.2, 0) is 10.0 Å². The first-order chi connectivity index (χ1) is 9.85. The third-order valence-corrected chi connectivity index (χ3v) is 5.01. The second kappa shape index (κ2) is 6.12. The van der Waals surface area contributed by atoms with E-state index in [-0.39, 0.29) is 31.2 Å². The first kappa shape index (κ1) is 15.9. The molecule has 0 saturated heterocycles. The lowest BCUT2D eigenvalue weighted by Crippen LogP contribution is -2.14. The van der Waals surface area contributed by atoms with E-state index in [1.807, 2.05) is 6.07 Å². The predicted molar refractivity (Wildman–Crippen MR) is 83.4 cm³/mol. The average Bonchev–Trinajstić information content (AvgIpc) is 2.43. The molecule has 108 valence electrons. The molecule has 8 heteroatoms. The Morgan fingerprint density at radius 1 is 1.00 bits per heavy atom. The molecule has 1 N–H and O–H groups in total. The molecule has 0 aliphatic heterocycles. The fourth-order valence-corrected chi connectivity index (χ4v) is 3.80. The Morgan fingerprint density at radius 3 is 2.19 bits per heavy atom. The van der Waals surface area contributed by atoms with Crippen molar-refractivity contribution in [3.63, 3.8) is 0 Å². The van der Waals surface area contributed by atoms with Gasteiger partial charge in [0.1, 0.15) is 4.90 Å². The number of nitrogens with one attached hydrogen (secondary N) is 1. The summed E-state index contributed by atoms with van der Waals surface area (Å²) >= 11 is 17.7. The van der Waals surface area contributed by atoms with Crippen LogP contribution < -0.4 is 4.72 Å². The molecule has 2 rings (SSSR count). The Hall–Kier alpha value is -1.45. The molecule has 2 aromatic rings. The maximum atomic E-state index is 12.4. The summed E-state index contributed by atoms with van der Waals surface area (Å²) in [7, 11) is -4.02. The Morgan fingerprint density at radius 2 is 1.62 bits per heavy atom. The zero-order valence-electron chi connectivity index (χ0n) is 10.3. The summed E-state index contributed by atoms with van der Waals surface area (Å²) in [4.78, 5) is -0.223. The number of anilines is 1. The molecular formula is C13H7Cl3N2O2S. The van der Waals surface area contributed by atoms with Gasteiger partial charge in [0.05, 0.1) is 32.4 Å². The number of para-hydroxylation sites is 1. The van der Waals surface area contributed by atoms with Crippen LogP contribution in [0.15, 0.2) is 41.3 Å². The van der Waals surface area contributed by atoms with E-state index in [1.165, 1.54) is 30.3 Å². The predicted octanol–water partition coefficient (Wildman–Crippen LogP) is 4.32. The van der Waals surface area contributed by atoms with Crippen LogP contribution in [0.4, 0.5) is 5.69 Å². The van der Waals surface area contributed by atoms with Crippen molar-refractivity contribution in [1.29, 1.82) is 5.26 Å². The summed E-state index contributed by atoms with van der Waals surface area (Å²) in [5, 5.41) is 9.14. The van der Waals surface area contributed by atoms with Gasteiger partial charge in [0.25, 0.3) is 10.0 Å². The van der Waals surface area contributed by atoms with Gasteiger partial charge in [-0.2, -0.15) is 5.26 Å². The van der Waals surface area contributed by atoms with Crippen molar-refractivity contribution in [3.8, 4) is 6.07 Å². The van der Waals surface area contributed by atoms with Crippen LogP contribution in [-0.4, -0.2) is 8.42 Å². The highest BCUT2D eigenvalue weighted by atomic mass is 35.5. The van der Waals surface area contributed by atoms with Crippen LogP contribution in [0.3, 0.4) is 0 Å². The van der Waals surface area contributed by atoms with Crippen molar-refractivity contribution in [2.45, 2.75) is 4.90 Å². The minimum absolute atomic E-state index is 0.00956. The van der Waals surface area contributed by atoms with Gasteiger partial charge in [-0.15, -0.1) is 0 Å². The number of sulfonamides is 1. The fraction of sp³-hybridized carbons (Fsp3) is 0. The molecule has 0 heterocycles. The fourth-order valence-electron chi connectivity index (χ4n) is 1.56. The van der Waals surface area contributed by atoms with Gasteiger partial charge >= 0.3 is 0 Å². The molecule has 0 bridgehead atoms. The lowest BCUT2D eigenvalue weighted by molar-refractivity contribution is 0.601. The van der Waals surface area contributed by atoms with Gasteiger partial charge in [0.2, 0.25) is 0 Å². The Kier molecular flexibility index (Phi) is 4.64. The van der Waals surface area contributed by atoms with Crippen molar-refractivity contribution < 1.29 is 8.42 Å². The van der Waals surface area contributed by atoms with E-state index in [1.54, 1.807) is 6.07 Å². The van der Waals surface area contributed by atoms with Gasteiger partial charge in [0.15, 0.2) is 0 Å². The van der Waals surface area contributed by atoms with Crippen molar-refractivity contribution >= 4 is 50.5 Å². The molecule has 21 heavy (non-hydrogen) atoms. The zero-order valence-corrected chi connectivity index (χ0v) is 13.4. The van der Waals surface area contributed by atoms with Crippen LogP contribution in [0.2, 0.25) is 15.1 Å². The Bertz CT molecular complexity index is 825. The molecule has 0 spiro atoms. The summed E-state index contributed by atoms with van der Waals surface area (Å²) in [5.74, 6) is 0. The normalized spacial score (nSPS) is 11.0. The number of nitrogens with zero attached hydrogens (tertiary/aromatic N) is 1. The molecule has 0 radical (unpaired) electrons. The van der Waals surface area contributed by atoms with E-state index >= 15 is 0 Å². The van der Waals surface area contributed by atoms with Gasteiger partial charge in [0, 0.05) is 0 Å². The largest absolute Gasteiger partial charge is 0.277 e. The molecule has 0 aliphatic rings. The van der Waals surface area contributed by atoms with Crippen LogP contribution in [0.25, 0.3) is 0 Å². The molecule has 0 saturated carbocycles. The van der Waals surface area contributed by atoms with Crippen LogP contribution in [0.1, 0.15) is 5.56 Å². The number of benzene rings is 2. The van der Waals surface area contributed by atoms with Crippen LogP contribution in [0.5, 0.6) is 0 Å². The molecule has 0 fully saturated rings. The lowest BCUT2D eigenvalue weighted by Gasteiger charge is -2.12. The second-order valence-electron chi connectivity index (χ2n) is 3.96. The summed E-state index contributed by atoms with van der Waals surface area (Å²) < 4.78 is 27.0. The smallest absolute Gasteiger partial charge is 0.263 e. The standard InChI is InChI=1S/C13H7Cl3N2O2S/c14-9-5-4-8(7-17)6-12(9)21(19,20)18-13-10(15)2-1-3-11(13)16/h1-6,18H. The highest BCUT2D eigenvalue weighted by molar-refractivity contribution is 7.92. The third-order valence-electron chi connectivity index (χ3n) is 2.55. The molecule has 4 nitrogen and oxygen atoms in total. The van der Waals surface area contributed by atoms with E-state index in [4.69, 9.17) is 40.1 Å². The third kappa shape index (κ3) is 3.42. The second-order valence-corrected chi connectivity index (χ2v) is 6.83. The van der Waals surface area contributed by atoms with Crippen molar-refractivity contribution in [2.24, 2.45) is 0 Å². The van der Waals surface area contributed by atoms with E-state index in [0.717, 1.165) is 0 Å². The van der Waals surface area contributed by atoms with Gasteiger partial charge in [-0.1, -0.05) is 40.9 Å². The Balaban J connectivity index is 2.51. The van der Waals surface area contributed by atoms with Crippen molar-refractivity contribution in [3.05, 3.63) is 57.0 Å². The number of hydrogen-bond donors (Lipinski definition) is 1. The monoisotopic (exact) mass is 360 g/mol. The summed E-state index contributed by atoms with van der Waals surface area (Å²) in [5.41, 5.74) is 0.226. The van der Waals surface area contributed by atoms with Crippen LogP contribution in [0, 0.1) is 11.3 Å². The SMILES string of the molecule is N#Cc1ccc(Cl)c(S(=O)(=O)Nc2c(Cl)cccc2Cl)c1. The highest BCUT2D eigenvalue weighted by Crippen LogP contribution is 2.33. The molecular weight excluding hydrogens is 355 g/mol. The van der Waals surface area contributed by atoms with Gasteiger partial charge in [-0.05, 0) is 30.3 Å². The highest BCUT2D eigenvalue weighted by Gasteiger charge is 2.21. The number of hydrogen-bond acceptors (Lipinski definition) is 3. The topological polar surface area (TPSA) is 70.0 Å². The molecule has 0 aromatic heterocycles. The number of rotatable bonds is 3. The molecule has 0 atom stereocenters. The number of nitriles is 1. The molecule has 2 aromatic carbocycles. The van der Waals surface area contributed by atoms with Crippen molar-refractivity contribution in [1.82, 2.24) is 0 Å². The summed E-state index contributed by atoms with van der Waals surface area (Å²) in [6, 6.07) is 10.4. The minimum atomic E-state index is -4.02. The van der Waals surface area contributed by atoms with E-state index < -0.39 is 10.0 Å². The van der Waals surface area contributed by atoms with E-state index in [9.17, 15) is 8.42 Å². The maximum absolute atomic E-state index is 12.4. The summed E-state index contributed by atoms with van der Waals surface area (Å²) in [6.45, 7) is 0. The molecule has 0 unspecified atom stereocenters. The lowest BCUT2D eigenvalue weighted by atomic mass is 10.2. The Labute approximate surface area is 136 Å². The van der Waals surface area contributed by atoms with Gasteiger partial charge in [-0.3, -0.25) is 4.72 Å². The van der Waals surface area contributed by atoms with E-state index in [0.29, 0.717) is 0 Å². The minimum Gasteiger partial charge on any atom is -0.277 e. The van der Waals surface area contributed by atoms with Gasteiger partial charge in [-0.25, -0.2) is 8.42 Å². The first-order valence-corrected chi connectivity index (χ1v) is 8.13. The van der Waals surface area contributed by atoms with Crippen LogP contribution >= 0.6 is 34.8 Å². The molecule has 0 aliphatic carbocycles. The van der Waals surface area contributed by atoms with Gasteiger partial charge < -0.3 is 0 Å². The maximum Gasteiger partial charge on any atom is 0.263 e. The number of halogens is 3. The molecule has 0 amide bonds. The summed E-state index contributed by atoms with van der Waals surface area (Å²) in [6.07, 6.45) is 0.